The number of aromatic nitrogens is 3. The van der Waals surface area contributed by atoms with Gasteiger partial charge in [-0.3, -0.25) is 4.79 Å². The number of halogens is 2. The summed E-state index contributed by atoms with van der Waals surface area (Å²) < 4.78 is 28.3. The van der Waals surface area contributed by atoms with Crippen LogP contribution in [0.15, 0.2) is 24.7 Å². The molecule has 0 radical (unpaired) electrons. The number of amides is 1. The maximum absolute atomic E-state index is 13.6. The molecule has 1 fully saturated rings. The van der Waals surface area contributed by atoms with E-state index in [2.05, 4.69) is 15.3 Å². The molecule has 1 saturated carbocycles. The van der Waals surface area contributed by atoms with Crippen LogP contribution in [0.4, 0.5) is 8.78 Å². The molecule has 1 aliphatic rings. The molecule has 0 saturated heterocycles. The van der Waals surface area contributed by atoms with Gasteiger partial charge in [0.25, 0.3) is 5.91 Å². The summed E-state index contributed by atoms with van der Waals surface area (Å²) in [6.07, 6.45) is 6.22. The van der Waals surface area contributed by atoms with Crippen molar-refractivity contribution < 1.29 is 13.6 Å². The Kier molecular flexibility index (Phi) is 3.40. The van der Waals surface area contributed by atoms with Gasteiger partial charge in [0.2, 0.25) is 0 Å². The van der Waals surface area contributed by atoms with Crippen LogP contribution in [-0.4, -0.2) is 20.4 Å². The molecule has 5 nitrogen and oxygen atoms in total. The largest absolute Gasteiger partial charge is 0.340 e. The lowest BCUT2D eigenvalue weighted by atomic mass is 10.1. The molecule has 0 spiro atoms. The number of imidazole rings is 1. The molecule has 0 unspecified atom stereocenters. The van der Waals surface area contributed by atoms with Gasteiger partial charge in [-0.1, -0.05) is 0 Å². The fourth-order valence-electron chi connectivity index (χ4n) is 2.29. The number of hydrogen-bond acceptors (Lipinski definition) is 3. The van der Waals surface area contributed by atoms with Crippen LogP contribution in [0.5, 0.6) is 0 Å². The monoisotopic (exact) mass is 292 g/mol. The highest BCUT2D eigenvalue weighted by molar-refractivity contribution is 5.92. The number of rotatable bonds is 4. The van der Waals surface area contributed by atoms with E-state index in [1.807, 2.05) is 11.6 Å². The van der Waals surface area contributed by atoms with Crippen LogP contribution in [0, 0.1) is 17.6 Å². The van der Waals surface area contributed by atoms with Crippen molar-refractivity contribution in [2.45, 2.75) is 18.9 Å². The van der Waals surface area contributed by atoms with Crippen molar-refractivity contribution in [2.75, 3.05) is 0 Å². The Morgan fingerprint density at radius 1 is 1.43 bits per heavy atom. The second-order valence-corrected chi connectivity index (χ2v) is 5.17. The van der Waals surface area contributed by atoms with E-state index in [0.29, 0.717) is 17.8 Å². The molecular weight excluding hydrogens is 278 g/mol. The Balaban J connectivity index is 1.83. The van der Waals surface area contributed by atoms with Gasteiger partial charge in [-0.2, -0.15) is 0 Å². The molecule has 0 aliphatic heterocycles. The van der Waals surface area contributed by atoms with Crippen molar-refractivity contribution in [1.29, 1.82) is 0 Å². The number of nitrogens with zero attached hydrogens (tertiary/aromatic N) is 3. The minimum Gasteiger partial charge on any atom is -0.340 e. The van der Waals surface area contributed by atoms with Crippen LogP contribution in [0.2, 0.25) is 0 Å². The molecule has 110 valence electrons. The summed E-state index contributed by atoms with van der Waals surface area (Å²) in [4.78, 5) is 19.9. The second kappa shape index (κ2) is 5.23. The Bertz CT molecular complexity index is 681. The van der Waals surface area contributed by atoms with Crippen molar-refractivity contribution in [3.8, 4) is 0 Å². The lowest BCUT2D eigenvalue weighted by molar-refractivity contribution is 0.0919. The topological polar surface area (TPSA) is 59.8 Å². The molecule has 2 aromatic heterocycles. The quantitative estimate of drug-likeness (QED) is 0.937. The zero-order valence-electron chi connectivity index (χ0n) is 11.4. The highest BCUT2D eigenvalue weighted by atomic mass is 19.1. The van der Waals surface area contributed by atoms with Crippen molar-refractivity contribution in [1.82, 2.24) is 19.9 Å². The molecule has 1 N–H and O–H groups in total. The lowest BCUT2D eigenvalue weighted by Crippen LogP contribution is -2.32. The van der Waals surface area contributed by atoms with Gasteiger partial charge in [0.15, 0.2) is 11.5 Å². The fourth-order valence-corrected chi connectivity index (χ4v) is 2.29. The number of aryl methyl sites for hydroxylation is 1. The Labute approximate surface area is 120 Å². The van der Waals surface area contributed by atoms with Gasteiger partial charge in [-0.15, -0.1) is 0 Å². The molecule has 2 heterocycles. The summed E-state index contributed by atoms with van der Waals surface area (Å²) in [7, 11) is 1.83. The van der Waals surface area contributed by atoms with Crippen LogP contribution < -0.4 is 5.32 Å². The van der Waals surface area contributed by atoms with E-state index in [9.17, 15) is 13.6 Å². The van der Waals surface area contributed by atoms with E-state index >= 15 is 0 Å². The number of pyridine rings is 1. The third kappa shape index (κ3) is 2.76. The summed E-state index contributed by atoms with van der Waals surface area (Å²) in [5.41, 5.74) is -0.406. The summed E-state index contributed by atoms with van der Waals surface area (Å²) in [6, 6.07) is 0.359. The van der Waals surface area contributed by atoms with Gasteiger partial charge in [-0.25, -0.2) is 18.7 Å². The molecule has 1 amide bonds. The molecule has 0 bridgehead atoms. The van der Waals surface area contributed by atoms with Crippen molar-refractivity contribution in [2.24, 2.45) is 13.0 Å². The van der Waals surface area contributed by atoms with Crippen LogP contribution in [0.1, 0.15) is 35.2 Å². The number of nitrogens with one attached hydrogen (secondary N) is 1. The summed E-state index contributed by atoms with van der Waals surface area (Å²) in [6.45, 7) is 0. The molecule has 1 aliphatic carbocycles. The minimum atomic E-state index is -0.970. The Morgan fingerprint density at radius 3 is 2.76 bits per heavy atom. The van der Waals surface area contributed by atoms with E-state index in [4.69, 9.17) is 0 Å². The van der Waals surface area contributed by atoms with Gasteiger partial charge in [0.1, 0.15) is 11.6 Å². The van der Waals surface area contributed by atoms with Gasteiger partial charge in [0, 0.05) is 25.5 Å². The summed E-state index contributed by atoms with van der Waals surface area (Å²) in [5, 5.41) is 2.75. The Hall–Kier alpha value is -2.31. The summed E-state index contributed by atoms with van der Waals surface area (Å²) in [5.74, 6) is -1.44. The van der Waals surface area contributed by atoms with Crippen molar-refractivity contribution >= 4 is 5.91 Å². The zero-order chi connectivity index (χ0) is 15.0. The molecule has 21 heavy (non-hydrogen) atoms. The van der Waals surface area contributed by atoms with Gasteiger partial charge < -0.3 is 9.88 Å². The average Bonchev–Trinajstić information content (AvgIpc) is 3.18. The minimum absolute atomic E-state index is 0.288. The molecule has 1 atom stereocenters. The predicted molar refractivity (Wildman–Crippen MR) is 70.3 cm³/mol. The van der Waals surface area contributed by atoms with Crippen LogP contribution >= 0.6 is 0 Å². The maximum atomic E-state index is 13.6. The van der Waals surface area contributed by atoms with Crippen LogP contribution in [0.25, 0.3) is 0 Å². The first kappa shape index (κ1) is 13.7. The highest BCUT2D eigenvalue weighted by Gasteiger charge is 2.36. The number of carbonyl (C=O) groups excluding carboxylic acids is 1. The van der Waals surface area contributed by atoms with E-state index in [1.165, 1.54) is 0 Å². The molecule has 0 aromatic carbocycles. The second-order valence-electron chi connectivity index (χ2n) is 5.17. The van der Waals surface area contributed by atoms with Crippen molar-refractivity contribution in [3.63, 3.8) is 0 Å². The first-order valence-corrected chi connectivity index (χ1v) is 6.65. The van der Waals surface area contributed by atoms with Gasteiger partial charge in [-0.05, 0) is 18.8 Å². The molecular formula is C14H14F2N4O. The first-order chi connectivity index (χ1) is 10.1. The van der Waals surface area contributed by atoms with Crippen molar-refractivity contribution in [3.05, 3.63) is 47.8 Å². The van der Waals surface area contributed by atoms with E-state index in [0.717, 1.165) is 19.0 Å². The fraction of sp³-hybridized carbons (Fsp3) is 0.357. The highest BCUT2D eigenvalue weighted by Crippen LogP contribution is 2.40. The summed E-state index contributed by atoms with van der Waals surface area (Å²) >= 11 is 0. The van der Waals surface area contributed by atoms with E-state index < -0.39 is 23.2 Å². The predicted octanol–water partition coefficient (Wildman–Crippen LogP) is 1.97. The smallest absolute Gasteiger partial charge is 0.273 e. The first-order valence-electron chi connectivity index (χ1n) is 6.65. The maximum Gasteiger partial charge on any atom is 0.273 e. The molecule has 2 aromatic rings. The normalized spacial score (nSPS) is 15.8. The number of hydrogen-bond donors (Lipinski definition) is 1. The molecule has 7 heteroatoms. The average molecular weight is 292 g/mol. The lowest BCUT2D eigenvalue weighted by Gasteiger charge is -2.18. The van der Waals surface area contributed by atoms with Crippen LogP contribution in [0.3, 0.4) is 0 Å². The van der Waals surface area contributed by atoms with E-state index in [-0.39, 0.29) is 6.04 Å². The van der Waals surface area contributed by atoms with Gasteiger partial charge >= 0.3 is 0 Å². The standard InChI is InChI=1S/C14H14F2N4O/c1-20-5-4-17-13(20)11(8-2-3-8)19-14(21)12-10(16)6-9(15)7-18-12/h4-8,11H,2-3H2,1H3,(H,19,21)/t11-/m1/s1. The SMILES string of the molecule is Cn1ccnc1[C@H](NC(=O)c1ncc(F)cc1F)C1CC1. The van der Waals surface area contributed by atoms with E-state index in [1.54, 1.807) is 12.4 Å². The third-order valence-electron chi connectivity index (χ3n) is 3.54. The zero-order valence-corrected chi connectivity index (χ0v) is 11.4. The molecule has 3 rings (SSSR count). The Morgan fingerprint density at radius 2 is 2.19 bits per heavy atom. The van der Waals surface area contributed by atoms with Gasteiger partial charge in [0.05, 0.1) is 12.2 Å². The number of carbonyl (C=O) groups is 1. The van der Waals surface area contributed by atoms with Crippen LogP contribution in [-0.2, 0) is 7.05 Å². The third-order valence-corrected chi connectivity index (χ3v) is 3.54.